The first-order valence-electron chi connectivity index (χ1n) is 6.19. The number of nitrogens with zero attached hydrogens (tertiary/aromatic N) is 1. The van der Waals surface area contributed by atoms with Crippen LogP contribution in [0.15, 0.2) is 54.7 Å². The van der Waals surface area contributed by atoms with Crippen LogP contribution in [0, 0.1) is 6.92 Å². The minimum Gasteiger partial charge on any atom is -0.399 e. The highest BCUT2D eigenvalue weighted by Crippen LogP contribution is 2.21. The molecule has 0 spiro atoms. The summed E-state index contributed by atoms with van der Waals surface area (Å²) < 4.78 is 0. The Kier molecular flexibility index (Phi) is 4.43. The number of nitrogens with two attached hydrogens (primary N) is 2. The molecule has 0 bridgehead atoms. The predicted molar refractivity (Wildman–Crippen MR) is 86.8 cm³/mol. The Labute approximate surface area is 123 Å². The molecule has 0 radical (unpaired) electrons. The van der Waals surface area contributed by atoms with Gasteiger partial charge in [0.1, 0.15) is 0 Å². The Morgan fingerprint density at radius 2 is 1.70 bits per heavy atom. The molecule has 0 aliphatic heterocycles. The monoisotopic (exact) mass is 285 g/mol. The molecule has 0 amide bonds. The highest BCUT2D eigenvalue weighted by molar-refractivity contribution is 6.31. The van der Waals surface area contributed by atoms with E-state index < -0.39 is 0 Å². The number of benzene rings is 2. The quantitative estimate of drug-likeness (QED) is 0.613. The summed E-state index contributed by atoms with van der Waals surface area (Å²) in [7, 11) is 0. The lowest BCUT2D eigenvalue weighted by atomic mass is 10.2. The van der Waals surface area contributed by atoms with E-state index in [-0.39, 0.29) is 0 Å². The first kappa shape index (κ1) is 14.2. The van der Waals surface area contributed by atoms with E-state index >= 15 is 0 Å². The van der Waals surface area contributed by atoms with Gasteiger partial charge in [0.2, 0.25) is 0 Å². The average Bonchev–Trinajstić information content (AvgIpc) is 2.43. The van der Waals surface area contributed by atoms with Crippen molar-refractivity contribution in [2.24, 2.45) is 0 Å². The molecule has 1 aromatic heterocycles. The van der Waals surface area contributed by atoms with E-state index in [0.717, 1.165) is 27.8 Å². The third-order valence-corrected chi connectivity index (χ3v) is 3.16. The van der Waals surface area contributed by atoms with Crippen molar-refractivity contribution in [3.8, 4) is 0 Å². The third-order valence-electron chi connectivity index (χ3n) is 2.93. The van der Waals surface area contributed by atoms with Crippen molar-refractivity contribution in [2.45, 2.75) is 6.92 Å². The molecule has 0 saturated carbocycles. The molecular weight excluding hydrogens is 270 g/mol. The smallest absolute Gasteiger partial charge is 0.0737 e. The molecule has 20 heavy (non-hydrogen) atoms. The number of rotatable bonds is 0. The van der Waals surface area contributed by atoms with E-state index in [0.29, 0.717) is 5.02 Å². The molecule has 0 aliphatic carbocycles. The minimum atomic E-state index is 0.681. The van der Waals surface area contributed by atoms with Crippen LogP contribution < -0.4 is 11.5 Å². The number of pyridine rings is 1. The number of anilines is 2. The lowest BCUT2D eigenvalue weighted by molar-refractivity contribution is 1.41. The van der Waals surface area contributed by atoms with Gasteiger partial charge in [-0.25, -0.2) is 0 Å². The maximum atomic E-state index is 5.79. The van der Waals surface area contributed by atoms with Crippen molar-refractivity contribution in [1.29, 1.82) is 0 Å². The Hall–Kier alpha value is -2.26. The topological polar surface area (TPSA) is 64.9 Å². The molecule has 4 N–H and O–H groups in total. The number of halogens is 1. The van der Waals surface area contributed by atoms with Crippen molar-refractivity contribution in [3.63, 3.8) is 0 Å². The molecule has 3 nitrogen and oxygen atoms in total. The summed E-state index contributed by atoms with van der Waals surface area (Å²) in [5.41, 5.74) is 14.8. The fraction of sp³-hybridized carbons (Fsp3) is 0.0625. The molecule has 0 atom stereocenters. The number of aryl methyl sites for hydroxylation is 1. The van der Waals surface area contributed by atoms with E-state index in [1.165, 1.54) is 0 Å². The predicted octanol–water partition coefficient (Wildman–Crippen LogP) is 4.05. The fourth-order valence-corrected chi connectivity index (χ4v) is 1.90. The largest absolute Gasteiger partial charge is 0.399 e. The van der Waals surface area contributed by atoms with Crippen molar-refractivity contribution in [2.75, 3.05) is 11.5 Å². The van der Waals surface area contributed by atoms with E-state index in [4.69, 9.17) is 23.1 Å². The highest BCUT2D eigenvalue weighted by Gasteiger charge is 1.97. The molecule has 1 heterocycles. The molecule has 0 aliphatic rings. The van der Waals surface area contributed by atoms with Crippen LogP contribution >= 0.6 is 11.6 Å². The number of nitrogen functional groups attached to an aromatic ring is 2. The molecule has 3 rings (SSSR count). The number of para-hydroxylation sites is 1. The van der Waals surface area contributed by atoms with Crippen LogP contribution in [-0.2, 0) is 0 Å². The summed E-state index contributed by atoms with van der Waals surface area (Å²) in [6.07, 6.45) is 1.67. The number of fused-ring (bicyclic) bond motifs is 1. The zero-order valence-corrected chi connectivity index (χ0v) is 11.9. The summed E-state index contributed by atoms with van der Waals surface area (Å²) >= 11 is 5.79. The van der Waals surface area contributed by atoms with Gasteiger partial charge < -0.3 is 11.5 Å². The average molecular weight is 286 g/mol. The van der Waals surface area contributed by atoms with Gasteiger partial charge in [-0.1, -0.05) is 29.8 Å². The van der Waals surface area contributed by atoms with Crippen LogP contribution in [0.5, 0.6) is 0 Å². The second-order valence-corrected chi connectivity index (χ2v) is 4.85. The fourth-order valence-electron chi connectivity index (χ4n) is 1.73. The van der Waals surface area contributed by atoms with Crippen LogP contribution in [0.3, 0.4) is 0 Å². The van der Waals surface area contributed by atoms with Crippen LogP contribution in [0.2, 0.25) is 5.02 Å². The molecule has 102 valence electrons. The lowest BCUT2D eigenvalue weighted by Crippen LogP contribution is -1.87. The molecule has 0 fully saturated rings. The number of hydrogen-bond donors (Lipinski definition) is 2. The summed E-state index contributed by atoms with van der Waals surface area (Å²) in [5.74, 6) is 0. The highest BCUT2D eigenvalue weighted by atomic mass is 35.5. The zero-order valence-electron chi connectivity index (χ0n) is 11.2. The van der Waals surface area contributed by atoms with Crippen molar-refractivity contribution in [3.05, 3.63) is 65.3 Å². The molecule has 2 aromatic carbocycles. The Morgan fingerprint density at radius 1 is 0.950 bits per heavy atom. The second-order valence-electron chi connectivity index (χ2n) is 4.42. The van der Waals surface area contributed by atoms with Gasteiger partial charge in [-0.15, -0.1) is 0 Å². The Balaban J connectivity index is 0.000000160. The van der Waals surface area contributed by atoms with E-state index in [9.17, 15) is 0 Å². The van der Waals surface area contributed by atoms with Crippen LogP contribution in [0.25, 0.3) is 10.9 Å². The summed E-state index contributed by atoms with van der Waals surface area (Å²) in [4.78, 5) is 4.14. The normalized spacial score (nSPS) is 9.90. The SMILES string of the molecule is Cc1ccccc1N.Nc1ccnc2cc(Cl)ccc12. The third kappa shape index (κ3) is 3.39. The van der Waals surface area contributed by atoms with Gasteiger partial charge in [-0.3, -0.25) is 4.98 Å². The van der Waals surface area contributed by atoms with Crippen molar-refractivity contribution in [1.82, 2.24) is 4.98 Å². The molecular formula is C16H16ClN3. The molecule has 4 heteroatoms. The zero-order chi connectivity index (χ0) is 14.5. The Bertz CT molecular complexity index is 705. The van der Waals surface area contributed by atoms with Gasteiger partial charge >= 0.3 is 0 Å². The standard InChI is InChI=1S/C9H7ClN2.C7H9N/c10-6-1-2-7-8(11)3-4-12-9(7)5-6;1-6-4-2-3-5-7(6)8/h1-5H,(H2,11,12);2-5H,8H2,1H3. The summed E-state index contributed by atoms with van der Waals surface area (Å²) in [5, 5.41) is 1.63. The number of aromatic nitrogens is 1. The van der Waals surface area contributed by atoms with Crippen LogP contribution in [0.4, 0.5) is 11.4 Å². The summed E-state index contributed by atoms with van der Waals surface area (Å²) in [6, 6.07) is 15.1. The minimum absolute atomic E-state index is 0.681. The molecule has 3 aromatic rings. The number of hydrogen-bond acceptors (Lipinski definition) is 3. The second kappa shape index (κ2) is 6.26. The Morgan fingerprint density at radius 3 is 2.35 bits per heavy atom. The van der Waals surface area contributed by atoms with Crippen molar-refractivity contribution < 1.29 is 0 Å². The van der Waals surface area contributed by atoms with Gasteiger partial charge in [0, 0.05) is 28.0 Å². The first-order chi connectivity index (χ1) is 9.58. The van der Waals surface area contributed by atoms with Gasteiger partial charge in [0.05, 0.1) is 5.52 Å². The lowest BCUT2D eigenvalue weighted by Gasteiger charge is -1.99. The van der Waals surface area contributed by atoms with Gasteiger partial charge in [-0.05, 0) is 42.8 Å². The van der Waals surface area contributed by atoms with Gasteiger partial charge in [0.15, 0.2) is 0 Å². The van der Waals surface area contributed by atoms with Crippen molar-refractivity contribution >= 4 is 33.9 Å². The van der Waals surface area contributed by atoms with E-state index in [1.807, 2.05) is 43.3 Å². The first-order valence-corrected chi connectivity index (χ1v) is 6.56. The molecule has 0 saturated heterocycles. The van der Waals surface area contributed by atoms with Gasteiger partial charge in [0.25, 0.3) is 0 Å². The van der Waals surface area contributed by atoms with E-state index in [1.54, 1.807) is 18.3 Å². The maximum Gasteiger partial charge on any atom is 0.0737 e. The van der Waals surface area contributed by atoms with Crippen LogP contribution in [0.1, 0.15) is 5.56 Å². The van der Waals surface area contributed by atoms with E-state index in [2.05, 4.69) is 4.98 Å². The maximum absolute atomic E-state index is 5.79. The summed E-state index contributed by atoms with van der Waals surface area (Å²) in [6.45, 7) is 2.00. The van der Waals surface area contributed by atoms with Crippen LogP contribution in [-0.4, -0.2) is 4.98 Å². The van der Waals surface area contributed by atoms with Gasteiger partial charge in [-0.2, -0.15) is 0 Å². The molecule has 0 unspecified atom stereocenters.